The first-order valence-corrected chi connectivity index (χ1v) is 5.80. The van der Waals surface area contributed by atoms with Crippen molar-refractivity contribution in [1.82, 2.24) is 9.78 Å². The Morgan fingerprint density at radius 1 is 1.24 bits per heavy atom. The van der Waals surface area contributed by atoms with E-state index in [-0.39, 0.29) is 0 Å². The van der Waals surface area contributed by atoms with Crippen molar-refractivity contribution in [1.29, 1.82) is 0 Å². The van der Waals surface area contributed by atoms with E-state index in [4.69, 9.17) is 4.65 Å². The molecule has 0 saturated carbocycles. The van der Waals surface area contributed by atoms with Crippen molar-refractivity contribution in [2.24, 2.45) is 7.05 Å². The van der Waals surface area contributed by atoms with Crippen LogP contribution in [-0.2, 0) is 11.7 Å². The molecule has 1 aromatic rings. The van der Waals surface area contributed by atoms with Gasteiger partial charge >= 0.3 is 7.48 Å². The van der Waals surface area contributed by atoms with Gasteiger partial charge in [0.05, 0.1) is 16.9 Å². The lowest BCUT2D eigenvalue weighted by Gasteiger charge is -2.37. The SMILES string of the molecule is Cc1nn(C)c(C)c1[B]OC(C)(C)C(C)(C)O. The van der Waals surface area contributed by atoms with Gasteiger partial charge in [0.2, 0.25) is 0 Å². The standard InChI is InChI=1S/C12H22BN2O2/c1-8-10(9(2)15(7)14-8)13-17-12(5,6)11(3,4)16/h16H,1-7H3. The molecule has 0 bridgehead atoms. The predicted octanol–water partition coefficient (Wildman–Crippen LogP) is 0.848. The highest BCUT2D eigenvalue weighted by Gasteiger charge is 2.36. The van der Waals surface area contributed by atoms with Gasteiger partial charge in [0.15, 0.2) is 0 Å². The second-order valence-corrected chi connectivity index (χ2v) is 5.51. The summed E-state index contributed by atoms with van der Waals surface area (Å²) in [6, 6.07) is 0. The quantitative estimate of drug-likeness (QED) is 0.789. The maximum absolute atomic E-state index is 10.0. The first kappa shape index (κ1) is 14.3. The Balaban J connectivity index is 2.81. The van der Waals surface area contributed by atoms with Crippen molar-refractivity contribution in [2.45, 2.75) is 52.7 Å². The number of aliphatic hydroxyl groups is 1. The highest BCUT2D eigenvalue weighted by Crippen LogP contribution is 2.24. The summed E-state index contributed by atoms with van der Waals surface area (Å²) in [7, 11) is 3.59. The number of rotatable bonds is 4. The number of nitrogens with zero attached hydrogens (tertiary/aromatic N) is 2. The van der Waals surface area contributed by atoms with E-state index >= 15 is 0 Å². The fourth-order valence-corrected chi connectivity index (χ4v) is 1.31. The molecule has 0 amide bonds. The van der Waals surface area contributed by atoms with Crippen LogP contribution in [0.4, 0.5) is 0 Å². The van der Waals surface area contributed by atoms with Gasteiger partial charge in [-0.1, -0.05) is 0 Å². The van der Waals surface area contributed by atoms with Gasteiger partial charge in [-0.15, -0.1) is 0 Å². The predicted molar refractivity (Wildman–Crippen MR) is 69.5 cm³/mol. The Morgan fingerprint density at radius 2 is 1.76 bits per heavy atom. The average molecular weight is 237 g/mol. The molecule has 1 N–H and O–H groups in total. The molecule has 1 aromatic heterocycles. The minimum absolute atomic E-state index is 0.651. The fourth-order valence-electron chi connectivity index (χ4n) is 1.31. The molecule has 1 heterocycles. The van der Waals surface area contributed by atoms with Crippen LogP contribution in [0.3, 0.4) is 0 Å². The summed E-state index contributed by atoms with van der Waals surface area (Å²) in [6.45, 7) is 11.1. The minimum Gasteiger partial charge on any atom is -0.426 e. The number of aromatic nitrogens is 2. The summed E-state index contributed by atoms with van der Waals surface area (Å²) in [5.41, 5.74) is 1.39. The van der Waals surface area contributed by atoms with Crippen LogP contribution in [0.15, 0.2) is 0 Å². The van der Waals surface area contributed by atoms with Crippen molar-refractivity contribution in [3.05, 3.63) is 11.4 Å². The van der Waals surface area contributed by atoms with Crippen molar-refractivity contribution in [3.8, 4) is 0 Å². The van der Waals surface area contributed by atoms with E-state index < -0.39 is 11.2 Å². The van der Waals surface area contributed by atoms with Gasteiger partial charge in [-0.25, -0.2) is 0 Å². The number of aryl methyl sites for hydroxylation is 2. The molecule has 1 rings (SSSR count). The van der Waals surface area contributed by atoms with Gasteiger partial charge in [-0.05, 0) is 47.0 Å². The largest absolute Gasteiger partial charge is 0.426 e. The molecule has 17 heavy (non-hydrogen) atoms. The van der Waals surface area contributed by atoms with Crippen molar-refractivity contribution >= 4 is 12.9 Å². The lowest BCUT2D eigenvalue weighted by molar-refractivity contribution is -0.0893. The zero-order chi connectivity index (χ0) is 13.4. The third kappa shape index (κ3) is 2.90. The molecule has 0 aliphatic rings. The van der Waals surface area contributed by atoms with E-state index in [1.807, 2.05) is 39.4 Å². The topological polar surface area (TPSA) is 47.3 Å². The molecular formula is C12H22BN2O2. The van der Waals surface area contributed by atoms with Crippen LogP contribution in [0.1, 0.15) is 39.1 Å². The zero-order valence-corrected chi connectivity index (χ0v) is 11.8. The van der Waals surface area contributed by atoms with E-state index in [0.29, 0.717) is 0 Å². The highest BCUT2D eigenvalue weighted by atomic mass is 16.5. The summed E-state index contributed by atoms with van der Waals surface area (Å²) in [5, 5.41) is 14.3. The maximum Gasteiger partial charge on any atom is 0.334 e. The summed E-state index contributed by atoms with van der Waals surface area (Å²) in [6.07, 6.45) is 0. The van der Waals surface area contributed by atoms with Crippen LogP contribution in [0.2, 0.25) is 0 Å². The maximum atomic E-state index is 10.0. The van der Waals surface area contributed by atoms with E-state index in [9.17, 15) is 5.11 Å². The minimum atomic E-state index is -0.909. The normalized spacial score (nSPS) is 12.9. The van der Waals surface area contributed by atoms with Gasteiger partial charge in [0.1, 0.15) is 0 Å². The van der Waals surface area contributed by atoms with Gasteiger partial charge in [-0.2, -0.15) is 5.10 Å². The summed E-state index contributed by atoms with van der Waals surface area (Å²) in [4.78, 5) is 0. The molecule has 0 unspecified atom stereocenters. The van der Waals surface area contributed by atoms with Crippen LogP contribution in [-0.4, -0.2) is 33.6 Å². The molecule has 95 valence electrons. The highest BCUT2D eigenvalue weighted by molar-refractivity contribution is 6.48. The summed E-state index contributed by atoms with van der Waals surface area (Å²) >= 11 is 0. The van der Waals surface area contributed by atoms with Gasteiger partial charge < -0.3 is 9.76 Å². The van der Waals surface area contributed by atoms with Crippen molar-refractivity contribution in [2.75, 3.05) is 0 Å². The second kappa shape index (κ2) is 4.46. The number of hydrogen-bond donors (Lipinski definition) is 1. The van der Waals surface area contributed by atoms with Gasteiger partial charge in [0, 0.05) is 12.7 Å². The monoisotopic (exact) mass is 237 g/mol. The van der Waals surface area contributed by atoms with Crippen LogP contribution in [0.5, 0.6) is 0 Å². The first-order valence-electron chi connectivity index (χ1n) is 5.80. The number of hydrogen-bond acceptors (Lipinski definition) is 3. The third-order valence-electron chi connectivity index (χ3n) is 3.51. The molecule has 5 heteroatoms. The molecule has 0 fully saturated rings. The molecule has 0 aliphatic heterocycles. The van der Waals surface area contributed by atoms with Crippen LogP contribution in [0.25, 0.3) is 0 Å². The Hall–Kier alpha value is -0.805. The molecule has 0 spiro atoms. The van der Waals surface area contributed by atoms with Gasteiger partial charge in [-0.3, -0.25) is 4.68 Å². The summed E-state index contributed by atoms with van der Waals surface area (Å²) in [5.74, 6) is 0. The fraction of sp³-hybridized carbons (Fsp3) is 0.750. The molecular weight excluding hydrogens is 215 g/mol. The summed E-state index contributed by atoms with van der Waals surface area (Å²) < 4.78 is 7.55. The Labute approximate surface area is 104 Å². The smallest absolute Gasteiger partial charge is 0.334 e. The molecule has 4 nitrogen and oxygen atoms in total. The van der Waals surface area contributed by atoms with E-state index in [2.05, 4.69) is 5.10 Å². The van der Waals surface area contributed by atoms with E-state index in [0.717, 1.165) is 16.9 Å². The molecule has 0 aromatic carbocycles. The van der Waals surface area contributed by atoms with E-state index in [1.54, 1.807) is 21.3 Å². The molecule has 0 saturated heterocycles. The molecule has 1 radical (unpaired) electrons. The average Bonchev–Trinajstić information content (AvgIpc) is 2.37. The zero-order valence-electron chi connectivity index (χ0n) is 11.8. The molecule has 0 aliphatic carbocycles. The Kier molecular flexibility index (Phi) is 3.74. The third-order valence-corrected chi connectivity index (χ3v) is 3.51. The second-order valence-electron chi connectivity index (χ2n) is 5.51. The Morgan fingerprint density at radius 3 is 2.12 bits per heavy atom. The lowest BCUT2D eigenvalue weighted by atomic mass is 9.81. The van der Waals surface area contributed by atoms with Gasteiger partial charge in [0.25, 0.3) is 0 Å². The van der Waals surface area contributed by atoms with Crippen LogP contribution < -0.4 is 5.46 Å². The molecule has 0 atom stereocenters. The van der Waals surface area contributed by atoms with Crippen molar-refractivity contribution < 1.29 is 9.76 Å². The first-order chi connectivity index (χ1) is 7.56. The van der Waals surface area contributed by atoms with E-state index in [1.165, 1.54) is 0 Å². The van der Waals surface area contributed by atoms with Crippen LogP contribution >= 0.6 is 0 Å². The van der Waals surface area contributed by atoms with Crippen LogP contribution in [0, 0.1) is 13.8 Å². The lowest BCUT2D eigenvalue weighted by Crippen LogP contribution is -2.49. The Bertz CT molecular complexity index is 405. The van der Waals surface area contributed by atoms with Crippen molar-refractivity contribution in [3.63, 3.8) is 0 Å².